The maximum atomic E-state index is 15.8. The molecule has 236 valence electrons. The maximum Gasteiger partial charge on any atom is 0.472 e. The smallest absolute Gasteiger partial charge is 0.382 e. The summed E-state index contributed by atoms with van der Waals surface area (Å²) >= 11 is 0. The quantitative estimate of drug-likeness (QED) is 0.204. The van der Waals surface area contributed by atoms with Gasteiger partial charge in [0.1, 0.15) is 36.3 Å². The van der Waals surface area contributed by atoms with Crippen LogP contribution in [0.2, 0.25) is 0 Å². The van der Waals surface area contributed by atoms with Crippen LogP contribution in [0.1, 0.15) is 12.5 Å². The Balaban J connectivity index is 1.15. The van der Waals surface area contributed by atoms with Crippen molar-refractivity contribution in [2.75, 3.05) is 24.7 Å². The van der Waals surface area contributed by atoms with E-state index in [1.807, 2.05) is 0 Å². The number of hydrogen-bond acceptors (Lipinski definition) is 16. The van der Waals surface area contributed by atoms with Gasteiger partial charge in [0, 0.05) is 0 Å². The van der Waals surface area contributed by atoms with Crippen molar-refractivity contribution < 1.29 is 50.4 Å². The van der Waals surface area contributed by atoms with Crippen molar-refractivity contribution in [3.05, 3.63) is 29.3 Å². The number of nitrogens with two attached hydrogens (primary N) is 2. The molecule has 3 unspecified atom stereocenters. The van der Waals surface area contributed by atoms with Gasteiger partial charge in [0.05, 0.1) is 25.9 Å². The summed E-state index contributed by atoms with van der Waals surface area (Å²) < 4.78 is 91.9. The highest BCUT2D eigenvalue weighted by Gasteiger charge is 2.53. The predicted molar refractivity (Wildman–Crippen MR) is 140 cm³/mol. The minimum atomic E-state index is -5.10. The summed E-state index contributed by atoms with van der Waals surface area (Å²) in [6.07, 6.45) is -10.3. The third-order valence-corrected chi connectivity index (χ3v) is 9.03. The van der Waals surface area contributed by atoms with Gasteiger partial charge in [0.2, 0.25) is 5.95 Å². The molecule has 4 aromatic heterocycles. The Kier molecular flexibility index (Phi) is 7.22. The highest BCUT2D eigenvalue weighted by molar-refractivity contribution is 7.47. The van der Waals surface area contributed by atoms with Crippen LogP contribution in [0.3, 0.4) is 0 Å². The molecule has 6 N–H and O–H groups in total. The molecule has 0 aliphatic carbocycles. The number of imidazole rings is 2. The summed E-state index contributed by atoms with van der Waals surface area (Å²) in [5.41, 5.74) is 10.7. The van der Waals surface area contributed by atoms with Crippen LogP contribution in [0.5, 0.6) is 0 Å². The Morgan fingerprint density at radius 2 is 1.64 bits per heavy atom. The van der Waals surface area contributed by atoms with Crippen molar-refractivity contribution in [1.82, 2.24) is 39.0 Å². The van der Waals surface area contributed by atoms with E-state index in [-0.39, 0.29) is 34.1 Å². The average Bonchev–Trinajstić information content (AvgIpc) is 3.72. The molecule has 3 saturated heterocycles. The van der Waals surface area contributed by atoms with E-state index in [0.29, 0.717) is 0 Å². The summed E-state index contributed by atoms with van der Waals surface area (Å²) in [6, 6.07) is 0. The maximum absolute atomic E-state index is 15.8. The van der Waals surface area contributed by atoms with E-state index >= 15 is 8.78 Å². The van der Waals surface area contributed by atoms with Crippen molar-refractivity contribution in [1.29, 1.82) is 0 Å². The molecule has 0 bridgehead atoms. The van der Waals surface area contributed by atoms with Crippen molar-refractivity contribution >= 4 is 50.2 Å². The Morgan fingerprint density at radius 3 is 2.39 bits per heavy atom. The number of hydrogen-bond donors (Lipinski definition) is 4. The molecule has 4 aromatic rings. The second-order valence-electron chi connectivity index (χ2n) is 9.86. The zero-order valence-electron chi connectivity index (χ0n) is 21.9. The molecule has 0 aromatic carbocycles. The molecule has 20 nitrogen and oxygen atoms in total. The normalized spacial score (nSPS) is 36.6. The van der Waals surface area contributed by atoms with Gasteiger partial charge in [-0.2, -0.15) is 4.98 Å². The highest BCUT2D eigenvalue weighted by atomic mass is 31.2. The van der Waals surface area contributed by atoms with E-state index in [4.69, 9.17) is 39.0 Å². The van der Waals surface area contributed by atoms with Crippen LogP contribution in [-0.2, 0) is 36.7 Å². The van der Waals surface area contributed by atoms with Crippen LogP contribution < -0.4 is 17.0 Å². The van der Waals surface area contributed by atoms with Crippen molar-refractivity contribution in [2.45, 2.75) is 49.2 Å². The first-order valence-corrected chi connectivity index (χ1v) is 15.5. The monoisotopic (exact) mass is 662 g/mol. The molecule has 0 saturated carbocycles. The summed E-state index contributed by atoms with van der Waals surface area (Å²) in [5, 5.41) is 0. The number of nitrogens with one attached hydrogen (secondary N) is 1. The number of nitrogens with zero attached hydrogens (tertiary/aromatic N) is 7. The van der Waals surface area contributed by atoms with E-state index in [2.05, 4.69) is 29.9 Å². The number of fused-ring (bicyclic) bond motifs is 4. The summed E-state index contributed by atoms with van der Waals surface area (Å²) in [7, 11) is -8.62. The van der Waals surface area contributed by atoms with Gasteiger partial charge in [-0.25, -0.2) is 33.3 Å². The number of halogens is 2. The van der Waals surface area contributed by atoms with Crippen LogP contribution in [0.4, 0.5) is 20.5 Å². The molecule has 7 heterocycles. The number of rotatable bonds is 2. The lowest BCUT2D eigenvalue weighted by atomic mass is 10.1. The summed E-state index contributed by atoms with van der Waals surface area (Å²) in [6.45, 7) is -1.51. The molecule has 24 heteroatoms. The zero-order valence-corrected chi connectivity index (χ0v) is 23.8. The van der Waals surface area contributed by atoms with Crippen molar-refractivity contribution in [3.63, 3.8) is 0 Å². The van der Waals surface area contributed by atoms with E-state index < -0.39 is 84.1 Å². The standard InChI is InChI=1S/C20H22F2N10O10P2/c21-8-12-7(40-18(8)31-4-27-10-14(23)25-3-26-15(10)31)2-38-44(35,36)42-13-6(1-37-43(34)41-12)39-19(9(13)22)32-5-28-11-16(32)29-20(24)30-17(11)33/h3-9,12-13,18-19,43H,1-2H2,(H,35,36)(H2,23,25,26)(H3,24,29,30,33)/t6-,7?,8-,9-,12-,13-,18-,19-/m1/s1. The second-order valence-corrected chi connectivity index (χ2v) is 12.3. The van der Waals surface area contributed by atoms with E-state index in [1.54, 1.807) is 0 Å². The molecule has 7 rings (SSSR count). The second kappa shape index (κ2) is 10.9. The fraction of sp³-hybridized carbons (Fsp3) is 0.500. The number of anilines is 2. The van der Waals surface area contributed by atoms with Gasteiger partial charge in [-0.15, -0.1) is 0 Å². The largest absolute Gasteiger partial charge is 0.472 e. The van der Waals surface area contributed by atoms with Crippen LogP contribution in [-0.4, -0.2) is 93.9 Å². The van der Waals surface area contributed by atoms with Gasteiger partial charge >= 0.3 is 16.1 Å². The number of nitrogen functional groups attached to an aromatic ring is 2. The first-order valence-electron chi connectivity index (χ1n) is 12.7. The Morgan fingerprint density at radius 1 is 0.977 bits per heavy atom. The fourth-order valence-corrected chi connectivity index (χ4v) is 7.03. The van der Waals surface area contributed by atoms with Gasteiger partial charge in [0.15, 0.2) is 47.4 Å². The number of alkyl halides is 2. The van der Waals surface area contributed by atoms with Gasteiger partial charge in [-0.1, -0.05) is 0 Å². The van der Waals surface area contributed by atoms with E-state index in [9.17, 15) is 18.8 Å². The molecule has 44 heavy (non-hydrogen) atoms. The molecule has 0 radical (unpaired) electrons. The minimum Gasteiger partial charge on any atom is -0.382 e. The molecule has 0 spiro atoms. The number of phosphoric ester groups is 1. The molecule has 0 amide bonds. The topological polar surface area (TPSA) is 269 Å². The van der Waals surface area contributed by atoms with Gasteiger partial charge in [-0.05, 0) is 0 Å². The van der Waals surface area contributed by atoms with E-state index in [0.717, 1.165) is 17.2 Å². The van der Waals surface area contributed by atoms with Gasteiger partial charge in [0.25, 0.3) is 5.56 Å². The lowest BCUT2D eigenvalue weighted by Crippen LogP contribution is -2.36. The van der Waals surface area contributed by atoms with Gasteiger partial charge in [-0.3, -0.25) is 32.5 Å². The molecule has 10 atom stereocenters. The minimum absolute atomic E-state index is 0.0292. The van der Waals surface area contributed by atoms with Crippen molar-refractivity contribution in [3.8, 4) is 0 Å². The lowest BCUT2D eigenvalue weighted by Gasteiger charge is -2.25. The average molecular weight is 662 g/mol. The van der Waals surface area contributed by atoms with Crippen LogP contribution in [0.25, 0.3) is 22.3 Å². The molecule has 3 fully saturated rings. The highest BCUT2D eigenvalue weighted by Crippen LogP contribution is 2.51. The summed E-state index contributed by atoms with van der Waals surface area (Å²) in [5.74, 6) is -0.256. The molecule has 3 aliphatic rings. The number of phosphoric acid groups is 1. The van der Waals surface area contributed by atoms with Crippen LogP contribution in [0.15, 0.2) is 23.8 Å². The van der Waals surface area contributed by atoms with Crippen LogP contribution >= 0.6 is 16.1 Å². The number of H-pyrrole nitrogens is 1. The number of aromatic nitrogens is 8. The molecular formula is C20H22F2N10O10P2. The lowest BCUT2D eigenvalue weighted by molar-refractivity contribution is -0.0600. The van der Waals surface area contributed by atoms with Gasteiger partial charge < -0.3 is 34.9 Å². The third kappa shape index (κ3) is 4.97. The Labute approximate surface area is 243 Å². The fourth-order valence-electron chi connectivity index (χ4n) is 5.20. The van der Waals surface area contributed by atoms with Crippen LogP contribution in [0, 0.1) is 0 Å². The first kappa shape index (κ1) is 29.3. The summed E-state index contributed by atoms with van der Waals surface area (Å²) in [4.78, 5) is 44.7. The Hall–Kier alpha value is -3.46. The third-order valence-electron chi connectivity index (χ3n) is 7.17. The Bertz CT molecular complexity index is 1880. The number of ether oxygens (including phenoxy) is 2. The SMILES string of the molecule is Nc1nc2c(ncn2[C@@H]2O[C@@H]3CO[PH](=O)O[C@@H]4C(COP(=O)(O)O[C@H]3[C@H]2F)O[C@@H](n2cnc3c(N)ncnc32)[C@@H]4F)c(=O)[nH]1. The number of aromatic amines is 1. The van der Waals surface area contributed by atoms with E-state index in [1.165, 1.54) is 10.9 Å². The first-order chi connectivity index (χ1) is 21.0. The molecule has 3 aliphatic heterocycles. The molecular weight excluding hydrogens is 640 g/mol. The predicted octanol–water partition coefficient (Wildman–Crippen LogP) is -0.0978. The van der Waals surface area contributed by atoms with Crippen molar-refractivity contribution in [2.24, 2.45) is 0 Å². The zero-order chi connectivity index (χ0) is 30.9.